The molecule has 0 bridgehead atoms. The summed E-state index contributed by atoms with van der Waals surface area (Å²) < 4.78 is 0. The van der Waals surface area contributed by atoms with Gasteiger partial charge in [-0.2, -0.15) is 0 Å². The molecule has 1 amide bonds. The summed E-state index contributed by atoms with van der Waals surface area (Å²) in [5.41, 5.74) is 0. The molecule has 0 radical (unpaired) electrons. The van der Waals surface area contributed by atoms with E-state index < -0.39 is 0 Å². The van der Waals surface area contributed by atoms with Gasteiger partial charge >= 0.3 is 19.5 Å². The fourth-order valence-corrected chi connectivity index (χ4v) is 0.565. The summed E-state index contributed by atoms with van der Waals surface area (Å²) in [5.74, 6) is 0.204. The smallest absolute Gasteiger partial charge is 1.00 e. The fraction of sp³-hybridized carbons (Fsp3) is 0.750. The number of carbonyl (C=O) groups excluding carboxylic acids is 1. The van der Waals surface area contributed by atoms with Crippen LogP contribution in [0.25, 0.3) is 0 Å². The van der Waals surface area contributed by atoms with Crippen LogP contribution in [0.4, 0.5) is 0 Å². The van der Waals surface area contributed by atoms with E-state index >= 15 is 0 Å². The predicted octanol–water partition coefficient (Wildman–Crippen LogP) is -6.10. The maximum Gasteiger partial charge on any atom is 2.00 e. The molecule has 0 aromatic heterocycles. The van der Waals surface area contributed by atoms with Crippen LogP contribution < -0.4 is 30.1 Å². The van der Waals surface area contributed by atoms with Gasteiger partial charge in [-0.25, -0.2) is 0 Å². The normalized spacial score (nSPS) is 14.0. The SMILES string of the molecule is O=C1CCCN1.[Cl-].[Cl-].[Zn+2]. The van der Waals surface area contributed by atoms with E-state index in [9.17, 15) is 4.79 Å². The first-order chi connectivity index (χ1) is 2.89. The number of hydrogen-bond donors (Lipinski definition) is 1. The first-order valence-corrected chi connectivity index (χ1v) is 2.16. The fourth-order valence-electron chi connectivity index (χ4n) is 0.565. The minimum atomic E-state index is 0. The Morgan fingerprint density at radius 1 is 1.33 bits per heavy atom. The Kier molecular flexibility index (Phi) is 15.7. The molecular weight excluding hydrogens is 214 g/mol. The van der Waals surface area contributed by atoms with Gasteiger partial charge in [-0.3, -0.25) is 4.79 Å². The summed E-state index contributed by atoms with van der Waals surface area (Å²) >= 11 is 0. The second-order valence-electron chi connectivity index (χ2n) is 1.45. The zero-order chi connectivity index (χ0) is 4.41. The molecule has 0 spiro atoms. The first-order valence-electron chi connectivity index (χ1n) is 2.16. The second kappa shape index (κ2) is 8.67. The molecule has 2 nitrogen and oxygen atoms in total. The number of hydrogen-bond acceptors (Lipinski definition) is 1. The molecule has 1 heterocycles. The Bertz CT molecular complexity index is 73.0. The van der Waals surface area contributed by atoms with Gasteiger partial charge in [0.2, 0.25) is 5.91 Å². The van der Waals surface area contributed by atoms with Crippen molar-refractivity contribution in [2.45, 2.75) is 12.8 Å². The van der Waals surface area contributed by atoms with Gasteiger partial charge in [-0.05, 0) is 6.42 Å². The van der Waals surface area contributed by atoms with E-state index in [1.807, 2.05) is 0 Å². The molecule has 0 atom stereocenters. The van der Waals surface area contributed by atoms with Gasteiger partial charge in [0.25, 0.3) is 0 Å². The Morgan fingerprint density at radius 2 is 1.89 bits per heavy atom. The number of nitrogens with one attached hydrogen (secondary N) is 1. The Balaban J connectivity index is -0.000000120. The number of rotatable bonds is 0. The maximum atomic E-state index is 10.1. The van der Waals surface area contributed by atoms with Crippen LogP contribution in [0.15, 0.2) is 0 Å². The quantitative estimate of drug-likeness (QED) is 0.405. The summed E-state index contributed by atoms with van der Waals surface area (Å²) in [6.45, 7) is 0.888. The standard InChI is InChI=1S/C4H7NO.2ClH.Zn/c6-4-2-1-3-5-4;;;/h1-3H2,(H,5,6);2*1H;/q;;;+2/p-2. The maximum absolute atomic E-state index is 10.1. The van der Waals surface area contributed by atoms with E-state index in [1.54, 1.807) is 0 Å². The summed E-state index contributed by atoms with van der Waals surface area (Å²) in [6, 6.07) is 0. The van der Waals surface area contributed by atoms with Gasteiger partial charge in [0.15, 0.2) is 0 Å². The summed E-state index contributed by atoms with van der Waals surface area (Å²) in [4.78, 5) is 10.1. The van der Waals surface area contributed by atoms with E-state index in [4.69, 9.17) is 0 Å². The van der Waals surface area contributed by atoms with Crippen molar-refractivity contribution in [2.75, 3.05) is 6.54 Å². The van der Waals surface area contributed by atoms with Gasteiger partial charge in [-0.1, -0.05) is 0 Å². The predicted molar refractivity (Wildman–Crippen MR) is 22.2 cm³/mol. The molecule has 0 aromatic carbocycles. The van der Waals surface area contributed by atoms with Crippen LogP contribution >= 0.6 is 0 Å². The van der Waals surface area contributed by atoms with Crippen molar-refractivity contribution in [2.24, 2.45) is 0 Å². The molecule has 1 saturated heterocycles. The molecule has 5 heteroatoms. The summed E-state index contributed by atoms with van der Waals surface area (Å²) in [6.07, 6.45) is 1.76. The zero-order valence-corrected chi connectivity index (χ0v) is 9.47. The van der Waals surface area contributed by atoms with E-state index in [-0.39, 0.29) is 50.2 Å². The van der Waals surface area contributed by atoms with Crippen LogP contribution in [0, 0.1) is 0 Å². The number of carbonyl (C=O) groups is 1. The molecule has 0 saturated carbocycles. The molecular formula is C4H7Cl2NOZn. The Labute approximate surface area is 79.7 Å². The van der Waals surface area contributed by atoms with Crippen molar-refractivity contribution >= 4 is 5.91 Å². The van der Waals surface area contributed by atoms with E-state index in [1.165, 1.54) is 0 Å². The third-order valence-electron chi connectivity index (χ3n) is 0.903. The zero-order valence-electron chi connectivity index (χ0n) is 4.99. The molecule has 1 aliphatic heterocycles. The van der Waals surface area contributed by atoms with Crippen molar-refractivity contribution in [3.8, 4) is 0 Å². The minimum Gasteiger partial charge on any atom is -1.00 e. The molecule has 1 rings (SSSR count). The van der Waals surface area contributed by atoms with Gasteiger partial charge in [0.1, 0.15) is 0 Å². The molecule has 0 aliphatic carbocycles. The summed E-state index contributed by atoms with van der Waals surface area (Å²) in [7, 11) is 0. The average Bonchev–Trinajstić information content (AvgIpc) is 1.86. The van der Waals surface area contributed by atoms with Crippen molar-refractivity contribution in [3.05, 3.63) is 0 Å². The third kappa shape index (κ3) is 6.56. The van der Waals surface area contributed by atoms with Crippen LogP contribution in [0.1, 0.15) is 12.8 Å². The number of amides is 1. The van der Waals surface area contributed by atoms with Gasteiger partial charge in [0, 0.05) is 13.0 Å². The van der Waals surface area contributed by atoms with Gasteiger partial charge in [-0.15, -0.1) is 0 Å². The molecule has 50 valence electrons. The third-order valence-corrected chi connectivity index (χ3v) is 0.903. The van der Waals surface area contributed by atoms with Crippen LogP contribution in [0.5, 0.6) is 0 Å². The van der Waals surface area contributed by atoms with Crippen molar-refractivity contribution < 1.29 is 49.1 Å². The van der Waals surface area contributed by atoms with Crippen LogP contribution in [0.3, 0.4) is 0 Å². The first kappa shape index (κ1) is 16.3. The molecule has 1 fully saturated rings. The second-order valence-corrected chi connectivity index (χ2v) is 1.45. The minimum absolute atomic E-state index is 0. The Morgan fingerprint density at radius 3 is 2.00 bits per heavy atom. The van der Waals surface area contributed by atoms with Crippen molar-refractivity contribution in [1.82, 2.24) is 5.32 Å². The molecule has 1 N–H and O–H groups in total. The molecule has 9 heavy (non-hydrogen) atoms. The summed E-state index contributed by atoms with van der Waals surface area (Å²) in [5, 5.41) is 2.68. The Hall–Kier alpha value is 0.673. The molecule has 1 aliphatic rings. The van der Waals surface area contributed by atoms with E-state index in [2.05, 4.69) is 5.32 Å². The largest absolute Gasteiger partial charge is 2.00 e. The van der Waals surface area contributed by atoms with Crippen LogP contribution in [-0.4, -0.2) is 12.5 Å². The molecule has 0 aromatic rings. The van der Waals surface area contributed by atoms with Crippen LogP contribution in [-0.2, 0) is 24.3 Å². The topological polar surface area (TPSA) is 29.1 Å². The van der Waals surface area contributed by atoms with E-state index in [0.717, 1.165) is 19.4 Å². The average molecular weight is 221 g/mol. The monoisotopic (exact) mass is 219 g/mol. The van der Waals surface area contributed by atoms with Crippen molar-refractivity contribution in [1.29, 1.82) is 0 Å². The van der Waals surface area contributed by atoms with Crippen LogP contribution in [0.2, 0.25) is 0 Å². The van der Waals surface area contributed by atoms with Gasteiger partial charge < -0.3 is 30.1 Å². The van der Waals surface area contributed by atoms with E-state index in [0.29, 0.717) is 0 Å². The number of halogens is 2. The van der Waals surface area contributed by atoms with Gasteiger partial charge in [0.05, 0.1) is 0 Å². The van der Waals surface area contributed by atoms with Crippen molar-refractivity contribution in [3.63, 3.8) is 0 Å². The molecule has 0 unspecified atom stereocenters.